The molecule has 1 aromatic carbocycles. The van der Waals surface area contributed by atoms with Gasteiger partial charge in [-0.1, -0.05) is 12.1 Å². The number of aromatic nitrogens is 2. The van der Waals surface area contributed by atoms with E-state index in [0.717, 1.165) is 4.57 Å². The Balaban J connectivity index is 2.19. The van der Waals surface area contributed by atoms with Crippen molar-refractivity contribution >= 4 is 17.6 Å². The summed E-state index contributed by atoms with van der Waals surface area (Å²) in [6.45, 7) is 1.42. The predicted octanol–water partition coefficient (Wildman–Crippen LogP) is 0.0942. The summed E-state index contributed by atoms with van der Waals surface area (Å²) in [5.41, 5.74) is 3.66. The van der Waals surface area contributed by atoms with Crippen molar-refractivity contribution in [1.82, 2.24) is 9.55 Å². The van der Waals surface area contributed by atoms with Crippen LogP contribution in [0.2, 0.25) is 0 Å². The highest BCUT2D eigenvalue weighted by molar-refractivity contribution is 6.02. The molecule has 0 spiro atoms. The van der Waals surface area contributed by atoms with Gasteiger partial charge in [-0.25, -0.2) is 9.59 Å². The number of Topliss-reactive ketones (excluding diaryl/α,β-unsaturated/α-hetero) is 1. The molecule has 0 aliphatic rings. The minimum atomic E-state index is -0.934. The summed E-state index contributed by atoms with van der Waals surface area (Å²) in [6.07, 6.45) is 0. The van der Waals surface area contributed by atoms with E-state index in [9.17, 15) is 19.2 Å². The summed E-state index contributed by atoms with van der Waals surface area (Å²) in [7, 11) is 1.30. The summed E-state index contributed by atoms with van der Waals surface area (Å²) in [6, 6.07) is 6.40. The topological polar surface area (TPSA) is 133 Å². The molecule has 0 atom stereocenters. The Kier molecular flexibility index (Phi) is 5.38. The maximum absolute atomic E-state index is 12.2. The summed E-state index contributed by atoms with van der Waals surface area (Å²) < 4.78 is 11.2. The number of hydrogen-bond donors (Lipinski definition) is 2. The average Bonchev–Trinajstić information content (AvgIpc) is 2.58. The number of nitrogen functional groups attached to an aromatic ring is 1. The summed E-state index contributed by atoms with van der Waals surface area (Å²) in [5, 5.41) is 0. The molecule has 0 aliphatic heterocycles. The van der Waals surface area contributed by atoms with E-state index in [4.69, 9.17) is 15.2 Å². The molecule has 0 unspecified atom stereocenters. The second kappa shape index (κ2) is 7.47. The summed E-state index contributed by atoms with van der Waals surface area (Å²) in [5.74, 6) is -1.58. The zero-order valence-corrected chi connectivity index (χ0v) is 13.7. The Bertz CT molecular complexity index is 928. The first-order valence-electron chi connectivity index (χ1n) is 7.37. The van der Waals surface area contributed by atoms with Gasteiger partial charge in [0.15, 0.2) is 6.61 Å². The molecule has 0 aliphatic carbocycles. The van der Waals surface area contributed by atoms with Crippen molar-refractivity contribution in [2.75, 3.05) is 18.9 Å². The molecular weight excluding hydrogens is 330 g/mol. The molecule has 0 saturated carbocycles. The Labute approximate surface area is 142 Å². The van der Waals surface area contributed by atoms with E-state index < -0.39 is 35.2 Å². The van der Waals surface area contributed by atoms with E-state index in [1.165, 1.54) is 13.1 Å². The van der Waals surface area contributed by atoms with Gasteiger partial charge in [0.25, 0.3) is 5.56 Å². The molecule has 0 saturated heterocycles. The molecule has 9 heteroatoms. The number of hydrogen-bond acceptors (Lipinski definition) is 7. The van der Waals surface area contributed by atoms with Crippen LogP contribution >= 0.6 is 0 Å². The van der Waals surface area contributed by atoms with E-state index >= 15 is 0 Å². The largest absolute Gasteiger partial charge is 0.493 e. The van der Waals surface area contributed by atoms with E-state index in [2.05, 4.69) is 0 Å². The molecule has 25 heavy (non-hydrogen) atoms. The maximum atomic E-state index is 12.2. The number of ketones is 1. The molecule has 3 N–H and O–H groups in total. The number of rotatable bonds is 6. The second-order valence-electron chi connectivity index (χ2n) is 5.01. The lowest BCUT2D eigenvalue weighted by atomic mass is 10.2. The van der Waals surface area contributed by atoms with Crippen LogP contribution in [0.5, 0.6) is 5.75 Å². The normalized spacial score (nSPS) is 10.3. The molecule has 0 amide bonds. The first kappa shape index (κ1) is 18.0. The van der Waals surface area contributed by atoms with Gasteiger partial charge in [0.05, 0.1) is 6.61 Å². The molecule has 0 bridgehead atoms. The average molecular weight is 347 g/mol. The van der Waals surface area contributed by atoms with Gasteiger partial charge in [0.1, 0.15) is 22.7 Å². The van der Waals surface area contributed by atoms with Gasteiger partial charge in [-0.2, -0.15) is 0 Å². The number of H-pyrrole nitrogens is 1. The van der Waals surface area contributed by atoms with E-state index in [-0.39, 0.29) is 11.4 Å². The van der Waals surface area contributed by atoms with Gasteiger partial charge < -0.3 is 15.2 Å². The van der Waals surface area contributed by atoms with Gasteiger partial charge >= 0.3 is 11.7 Å². The molecule has 1 aromatic heterocycles. The lowest BCUT2D eigenvalue weighted by Crippen LogP contribution is -2.35. The second-order valence-corrected chi connectivity index (χ2v) is 5.01. The van der Waals surface area contributed by atoms with Crippen molar-refractivity contribution in [1.29, 1.82) is 0 Å². The molecule has 0 radical (unpaired) electrons. The van der Waals surface area contributed by atoms with E-state index in [0.29, 0.717) is 12.4 Å². The Morgan fingerprint density at radius 1 is 1.24 bits per heavy atom. The van der Waals surface area contributed by atoms with Gasteiger partial charge in [-0.3, -0.25) is 19.1 Å². The number of esters is 1. The number of aromatic amines is 1. The predicted molar refractivity (Wildman–Crippen MR) is 88.9 cm³/mol. The molecule has 9 nitrogen and oxygen atoms in total. The minimum Gasteiger partial charge on any atom is -0.493 e. The fourth-order valence-electron chi connectivity index (χ4n) is 2.10. The van der Waals surface area contributed by atoms with Crippen LogP contribution < -0.4 is 21.7 Å². The van der Waals surface area contributed by atoms with Crippen LogP contribution in [-0.2, 0) is 11.8 Å². The van der Waals surface area contributed by atoms with Crippen LogP contribution in [0.3, 0.4) is 0 Å². The number of para-hydroxylation sites is 1. The summed E-state index contributed by atoms with van der Waals surface area (Å²) in [4.78, 5) is 49.5. The highest BCUT2D eigenvalue weighted by Crippen LogP contribution is 2.19. The number of nitrogens with zero attached hydrogens (tertiary/aromatic N) is 1. The molecule has 2 rings (SSSR count). The van der Waals surface area contributed by atoms with E-state index in [1.807, 2.05) is 4.98 Å². The van der Waals surface area contributed by atoms with Crippen LogP contribution in [-0.4, -0.2) is 34.5 Å². The number of nitrogens with two attached hydrogens (primary N) is 1. The fourth-order valence-corrected chi connectivity index (χ4v) is 2.10. The Morgan fingerprint density at radius 2 is 1.92 bits per heavy atom. The standard InChI is InChI=1S/C16H17N3O6/c1-3-24-11-7-5-4-6-9(11)15(22)25-8-10(20)12-13(17)19(2)16(23)18-14(12)21/h4-7H,3,8,17H2,1-2H3,(H,18,21,23). The van der Waals surface area contributed by atoms with Gasteiger partial charge in [-0.05, 0) is 19.1 Å². The molecule has 0 fully saturated rings. The molecular formula is C16H17N3O6. The van der Waals surface area contributed by atoms with E-state index in [1.54, 1.807) is 25.1 Å². The van der Waals surface area contributed by atoms with Crippen LogP contribution in [0.25, 0.3) is 0 Å². The van der Waals surface area contributed by atoms with Gasteiger partial charge in [0.2, 0.25) is 5.78 Å². The third kappa shape index (κ3) is 3.77. The van der Waals surface area contributed by atoms with Crippen molar-refractivity contribution in [2.45, 2.75) is 6.92 Å². The number of ether oxygens (including phenoxy) is 2. The van der Waals surface area contributed by atoms with Crippen molar-refractivity contribution in [3.05, 3.63) is 56.2 Å². The lowest BCUT2D eigenvalue weighted by Gasteiger charge is -2.10. The third-order valence-electron chi connectivity index (χ3n) is 3.39. The van der Waals surface area contributed by atoms with Crippen LogP contribution in [0.1, 0.15) is 27.6 Å². The van der Waals surface area contributed by atoms with Gasteiger partial charge in [0, 0.05) is 7.05 Å². The molecule has 1 heterocycles. The van der Waals surface area contributed by atoms with Crippen LogP contribution in [0, 0.1) is 0 Å². The first-order valence-corrected chi connectivity index (χ1v) is 7.37. The Morgan fingerprint density at radius 3 is 2.60 bits per heavy atom. The zero-order chi connectivity index (χ0) is 18.6. The fraction of sp³-hybridized carbons (Fsp3) is 0.250. The quantitative estimate of drug-likeness (QED) is 0.559. The van der Waals surface area contributed by atoms with Crippen molar-refractivity contribution in [3.63, 3.8) is 0 Å². The molecule has 132 valence electrons. The van der Waals surface area contributed by atoms with Crippen molar-refractivity contribution in [3.8, 4) is 5.75 Å². The Hall–Kier alpha value is -3.36. The van der Waals surface area contributed by atoms with Crippen LogP contribution in [0.15, 0.2) is 33.9 Å². The number of benzene rings is 1. The SMILES string of the molecule is CCOc1ccccc1C(=O)OCC(=O)c1c(N)n(C)c(=O)[nH]c1=O. The highest BCUT2D eigenvalue weighted by Gasteiger charge is 2.21. The number of nitrogens with one attached hydrogen (secondary N) is 1. The van der Waals surface area contributed by atoms with Crippen LogP contribution in [0.4, 0.5) is 5.82 Å². The summed E-state index contributed by atoms with van der Waals surface area (Å²) >= 11 is 0. The minimum absolute atomic E-state index is 0.152. The third-order valence-corrected chi connectivity index (χ3v) is 3.39. The highest BCUT2D eigenvalue weighted by atomic mass is 16.5. The van der Waals surface area contributed by atoms with Crippen molar-refractivity contribution in [2.24, 2.45) is 7.05 Å². The smallest absolute Gasteiger partial charge is 0.342 e. The number of anilines is 1. The van der Waals surface area contributed by atoms with Gasteiger partial charge in [-0.15, -0.1) is 0 Å². The first-order chi connectivity index (χ1) is 11.9. The molecule has 2 aromatic rings. The maximum Gasteiger partial charge on any atom is 0.342 e. The zero-order valence-electron chi connectivity index (χ0n) is 13.7. The van der Waals surface area contributed by atoms with Crippen molar-refractivity contribution < 1.29 is 19.1 Å². The monoisotopic (exact) mass is 347 g/mol. The lowest BCUT2D eigenvalue weighted by molar-refractivity contribution is 0.0470. The number of carbonyl (C=O) groups excluding carboxylic acids is 2. The number of carbonyl (C=O) groups is 2.